The van der Waals surface area contributed by atoms with E-state index in [4.69, 9.17) is 10.6 Å². The number of benzene rings is 1. The minimum Gasteiger partial charge on any atom is -0.373 e. The molecule has 0 bridgehead atoms. The van der Waals surface area contributed by atoms with Gasteiger partial charge in [-0.05, 0) is 49.9 Å². The number of ether oxygens (including phenoxy) is 1. The van der Waals surface area contributed by atoms with E-state index < -0.39 is 0 Å². The van der Waals surface area contributed by atoms with Gasteiger partial charge in [-0.25, -0.2) is 4.39 Å². The first kappa shape index (κ1) is 12.5. The zero-order chi connectivity index (χ0) is 12.5. The van der Waals surface area contributed by atoms with E-state index in [0.717, 1.165) is 30.6 Å². The average Bonchev–Trinajstić information content (AvgIpc) is 2.65. The molecule has 94 valence electrons. The minimum atomic E-state index is -0.352. The second-order valence-electron chi connectivity index (χ2n) is 4.93. The molecule has 0 saturated carbocycles. The highest BCUT2D eigenvalue weighted by Crippen LogP contribution is 2.37. The Kier molecular flexibility index (Phi) is 3.47. The fraction of sp³-hybridized carbons (Fsp3) is 0.538. The molecule has 1 heterocycles. The molecule has 1 saturated heterocycles. The molecule has 1 aliphatic heterocycles. The first-order valence-corrected chi connectivity index (χ1v) is 5.92. The van der Waals surface area contributed by atoms with Crippen LogP contribution in [-0.4, -0.2) is 12.2 Å². The molecule has 3 N–H and O–H groups in total. The van der Waals surface area contributed by atoms with Crippen LogP contribution in [0.15, 0.2) is 18.2 Å². The molecule has 3 nitrogen and oxygen atoms in total. The maximum atomic E-state index is 13.4. The molecule has 0 radical (unpaired) electrons. The largest absolute Gasteiger partial charge is 0.373 e. The van der Waals surface area contributed by atoms with E-state index in [2.05, 4.69) is 5.43 Å². The fourth-order valence-corrected chi connectivity index (χ4v) is 2.58. The Hall–Kier alpha value is -0.970. The predicted molar refractivity (Wildman–Crippen MR) is 64.8 cm³/mol. The molecule has 1 aromatic carbocycles. The van der Waals surface area contributed by atoms with Gasteiger partial charge < -0.3 is 4.74 Å². The van der Waals surface area contributed by atoms with E-state index in [-0.39, 0.29) is 17.5 Å². The van der Waals surface area contributed by atoms with Crippen molar-refractivity contribution in [1.29, 1.82) is 0 Å². The first-order valence-electron chi connectivity index (χ1n) is 5.92. The van der Waals surface area contributed by atoms with Crippen molar-refractivity contribution in [2.45, 2.75) is 38.3 Å². The van der Waals surface area contributed by atoms with Crippen molar-refractivity contribution < 1.29 is 9.13 Å². The summed E-state index contributed by atoms with van der Waals surface area (Å²) in [7, 11) is 0. The molecule has 1 aromatic rings. The number of aryl methyl sites for hydroxylation is 1. The summed E-state index contributed by atoms with van der Waals surface area (Å²) < 4.78 is 19.2. The summed E-state index contributed by atoms with van der Waals surface area (Å²) >= 11 is 0. The highest BCUT2D eigenvalue weighted by Gasteiger charge is 2.39. The second kappa shape index (κ2) is 4.72. The Bertz CT molecular complexity index is 382. The van der Waals surface area contributed by atoms with Crippen LogP contribution in [0.3, 0.4) is 0 Å². The third kappa shape index (κ3) is 2.49. The Labute approximate surface area is 101 Å². The molecule has 0 spiro atoms. The summed E-state index contributed by atoms with van der Waals surface area (Å²) in [4.78, 5) is 0. The maximum absolute atomic E-state index is 13.4. The monoisotopic (exact) mass is 238 g/mol. The molecule has 2 unspecified atom stereocenters. The quantitative estimate of drug-likeness (QED) is 0.627. The lowest BCUT2D eigenvalue weighted by Crippen LogP contribution is -2.44. The van der Waals surface area contributed by atoms with Crippen LogP contribution in [0.2, 0.25) is 0 Å². The fourth-order valence-electron chi connectivity index (χ4n) is 2.58. The third-order valence-corrected chi connectivity index (χ3v) is 3.42. The van der Waals surface area contributed by atoms with Gasteiger partial charge in [0.25, 0.3) is 0 Å². The van der Waals surface area contributed by atoms with Gasteiger partial charge in [-0.3, -0.25) is 11.3 Å². The molecular weight excluding hydrogens is 219 g/mol. The van der Waals surface area contributed by atoms with Crippen molar-refractivity contribution >= 4 is 0 Å². The molecule has 2 atom stereocenters. The van der Waals surface area contributed by atoms with Crippen LogP contribution in [0.5, 0.6) is 0 Å². The van der Waals surface area contributed by atoms with Gasteiger partial charge in [-0.1, -0.05) is 6.07 Å². The second-order valence-corrected chi connectivity index (χ2v) is 4.93. The number of hydrogen-bond donors (Lipinski definition) is 2. The minimum absolute atomic E-state index is 0.181. The Morgan fingerprint density at radius 3 is 2.76 bits per heavy atom. The lowest BCUT2D eigenvalue weighted by Gasteiger charge is -2.33. The smallest absolute Gasteiger partial charge is 0.123 e. The van der Waals surface area contributed by atoms with E-state index in [1.165, 1.54) is 12.1 Å². The maximum Gasteiger partial charge on any atom is 0.123 e. The van der Waals surface area contributed by atoms with Crippen LogP contribution >= 0.6 is 0 Å². The number of nitrogens with two attached hydrogens (primary N) is 1. The van der Waals surface area contributed by atoms with E-state index >= 15 is 0 Å². The lowest BCUT2D eigenvalue weighted by molar-refractivity contribution is -0.0126. The van der Waals surface area contributed by atoms with Crippen LogP contribution in [-0.2, 0) is 4.74 Å². The summed E-state index contributed by atoms with van der Waals surface area (Å²) in [6.07, 6.45) is 1.94. The topological polar surface area (TPSA) is 47.3 Å². The highest BCUT2D eigenvalue weighted by atomic mass is 19.1. The van der Waals surface area contributed by atoms with E-state index in [1.807, 2.05) is 19.9 Å². The summed E-state index contributed by atoms with van der Waals surface area (Å²) in [5.74, 6) is 5.38. The Morgan fingerprint density at radius 1 is 1.47 bits per heavy atom. The van der Waals surface area contributed by atoms with Crippen molar-refractivity contribution in [3.63, 3.8) is 0 Å². The molecule has 0 amide bonds. The molecule has 0 aliphatic carbocycles. The summed E-state index contributed by atoms with van der Waals surface area (Å²) in [6, 6.07) is 4.79. The van der Waals surface area contributed by atoms with Gasteiger partial charge in [0.15, 0.2) is 0 Å². The van der Waals surface area contributed by atoms with Crippen molar-refractivity contribution in [3.8, 4) is 0 Å². The van der Waals surface area contributed by atoms with E-state index in [1.54, 1.807) is 0 Å². The van der Waals surface area contributed by atoms with Crippen LogP contribution in [0.25, 0.3) is 0 Å². The van der Waals surface area contributed by atoms with Crippen LogP contribution in [0, 0.1) is 12.7 Å². The Balaban J connectivity index is 2.34. The number of hydrazine groups is 1. The Morgan fingerprint density at radius 2 is 2.24 bits per heavy atom. The van der Waals surface area contributed by atoms with Gasteiger partial charge in [0.05, 0.1) is 11.6 Å². The van der Waals surface area contributed by atoms with Gasteiger partial charge >= 0.3 is 0 Å². The summed E-state index contributed by atoms with van der Waals surface area (Å²) in [5, 5.41) is 0. The number of halogens is 1. The van der Waals surface area contributed by atoms with Gasteiger partial charge in [0.2, 0.25) is 0 Å². The molecule has 17 heavy (non-hydrogen) atoms. The lowest BCUT2D eigenvalue weighted by atomic mass is 9.87. The van der Waals surface area contributed by atoms with Gasteiger partial charge in [-0.2, -0.15) is 0 Å². The zero-order valence-electron chi connectivity index (χ0n) is 10.3. The van der Waals surface area contributed by atoms with Gasteiger partial charge in [-0.15, -0.1) is 0 Å². The molecule has 2 rings (SSSR count). The van der Waals surface area contributed by atoms with Gasteiger partial charge in [0, 0.05) is 6.61 Å². The van der Waals surface area contributed by atoms with Crippen LogP contribution in [0.4, 0.5) is 4.39 Å². The third-order valence-electron chi connectivity index (χ3n) is 3.42. The predicted octanol–water partition coefficient (Wildman–Crippen LogP) is 2.21. The first-order chi connectivity index (χ1) is 8.05. The molecule has 1 fully saturated rings. The molecule has 4 heteroatoms. The standard InChI is InChI=1S/C13H19FN2O/c1-9-6-10(8-11(14)7-9)12(16-15)13(2)4-3-5-17-13/h6-8,12,16H,3-5,15H2,1-2H3. The van der Waals surface area contributed by atoms with E-state index in [0.29, 0.717) is 0 Å². The van der Waals surface area contributed by atoms with Gasteiger partial charge in [0.1, 0.15) is 5.82 Å². The van der Waals surface area contributed by atoms with Crippen LogP contribution in [0.1, 0.15) is 36.9 Å². The number of hydrogen-bond acceptors (Lipinski definition) is 3. The van der Waals surface area contributed by atoms with Crippen molar-refractivity contribution in [2.75, 3.05) is 6.61 Å². The SMILES string of the molecule is Cc1cc(F)cc(C(NN)C2(C)CCCO2)c1. The summed E-state index contributed by atoms with van der Waals surface area (Å²) in [5.41, 5.74) is 4.14. The van der Waals surface area contributed by atoms with Crippen molar-refractivity contribution in [2.24, 2.45) is 5.84 Å². The van der Waals surface area contributed by atoms with Crippen molar-refractivity contribution in [3.05, 3.63) is 35.1 Å². The van der Waals surface area contributed by atoms with E-state index in [9.17, 15) is 4.39 Å². The summed E-state index contributed by atoms with van der Waals surface area (Å²) in [6.45, 7) is 4.63. The van der Waals surface area contributed by atoms with Crippen LogP contribution < -0.4 is 11.3 Å². The molecular formula is C13H19FN2O. The normalized spacial score (nSPS) is 26.1. The zero-order valence-corrected chi connectivity index (χ0v) is 10.3. The number of nitrogens with one attached hydrogen (secondary N) is 1. The highest BCUT2D eigenvalue weighted by molar-refractivity contribution is 5.28. The molecule has 1 aliphatic rings. The molecule has 0 aromatic heterocycles. The number of rotatable bonds is 3. The average molecular weight is 238 g/mol. The van der Waals surface area contributed by atoms with Crippen molar-refractivity contribution in [1.82, 2.24) is 5.43 Å².